The third-order valence-electron chi connectivity index (χ3n) is 8.49. The molecule has 0 saturated carbocycles. The fraction of sp³-hybridized carbons (Fsp3) is 0.500. The minimum atomic E-state index is -4.62. The van der Waals surface area contributed by atoms with Gasteiger partial charge >= 0.3 is 12.1 Å². The second-order valence-corrected chi connectivity index (χ2v) is 13.2. The Labute approximate surface area is 269 Å². The number of benzene rings is 1. The first-order valence-electron chi connectivity index (χ1n) is 15.3. The standard InChI is InChI=1S/C32H36F3N7O3S/c1-20(2)25-5-4-7-42(25)19-27-31(21-13-22(32(33,34)35)15-23(14-21)36-3)39-29(46-27)16-26(43)24-17-38-28(18-37-24)41-11-9-40(10-12-41)8-6-30(44)45/h13-15,17-18,20,25H,4-12,16,19H2,1-2H3,(H,44,45)/t25-/m0/s1. The number of piperazine rings is 1. The van der Waals surface area contributed by atoms with Gasteiger partial charge in [0.15, 0.2) is 11.5 Å². The summed E-state index contributed by atoms with van der Waals surface area (Å²) in [4.78, 5) is 48.1. The number of ketones is 1. The zero-order chi connectivity index (χ0) is 33.0. The number of thiazole rings is 1. The average Bonchev–Trinajstić information content (AvgIpc) is 3.67. The molecule has 1 aromatic carbocycles. The van der Waals surface area contributed by atoms with Crippen LogP contribution in [0.1, 0.15) is 59.0 Å². The van der Waals surface area contributed by atoms with Crippen LogP contribution in [0.25, 0.3) is 16.1 Å². The zero-order valence-electron chi connectivity index (χ0n) is 25.8. The fourth-order valence-electron chi connectivity index (χ4n) is 6.08. The van der Waals surface area contributed by atoms with Crippen LogP contribution >= 0.6 is 11.3 Å². The number of aliphatic carboxylic acids is 1. The molecular weight excluding hydrogens is 619 g/mol. The molecular formula is C32H36F3N7O3S. The molecule has 46 heavy (non-hydrogen) atoms. The Morgan fingerprint density at radius 3 is 2.50 bits per heavy atom. The molecule has 2 fully saturated rings. The van der Waals surface area contributed by atoms with Crippen molar-refractivity contribution in [2.45, 2.75) is 58.3 Å². The number of Topliss-reactive ketones (excluding diaryl/α,β-unsaturated/α-hetero) is 1. The van der Waals surface area contributed by atoms with Crippen LogP contribution < -0.4 is 4.90 Å². The van der Waals surface area contributed by atoms with Crippen molar-refractivity contribution >= 4 is 34.6 Å². The van der Waals surface area contributed by atoms with Crippen molar-refractivity contribution in [2.75, 3.05) is 44.2 Å². The first kappa shape index (κ1) is 33.4. The Bertz CT molecular complexity index is 1600. The van der Waals surface area contributed by atoms with E-state index in [0.29, 0.717) is 67.7 Å². The summed E-state index contributed by atoms with van der Waals surface area (Å²) in [5.41, 5.74) is -0.304. The number of carboxylic acids is 1. The third kappa shape index (κ3) is 8.07. The van der Waals surface area contributed by atoms with E-state index < -0.39 is 17.7 Å². The van der Waals surface area contributed by atoms with Gasteiger partial charge in [-0.15, -0.1) is 11.3 Å². The van der Waals surface area contributed by atoms with Crippen molar-refractivity contribution in [1.29, 1.82) is 0 Å². The number of hydrogen-bond donors (Lipinski definition) is 1. The highest BCUT2D eigenvalue weighted by molar-refractivity contribution is 7.12. The van der Waals surface area contributed by atoms with Gasteiger partial charge in [0.2, 0.25) is 0 Å². The van der Waals surface area contributed by atoms with Crippen molar-refractivity contribution in [3.8, 4) is 11.3 Å². The third-order valence-corrected chi connectivity index (χ3v) is 9.53. The minimum Gasteiger partial charge on any atom is -0.481 e. The van der Waals surface area contributed by atoms with Crippen LogP contribution in [0.2, 0.25) is 0 Å². The smallest absolute Gasteiger partial charge is 0.415 e. The lowest BCUT2D eigenvalue weighted by Crippen LogP contribution is -2.47. The van der Waals surface area contributed by atoms with Crippen LogP contribution in [0.3, 0.4) is 0 Å². The van der Waals surface area contributed by atoms with E-state index in [2.05, 4.69) is 43.4 Å². The van der Waals surface area contributed by atoms with Crippen molar-refractivity contribution in [2.24, 2.45) is 5.92 Å². The first-order chi connectivity index (χ1) is 21.9. The van der Waals surface area contributed by atoms with Crippen molar-refractivity contribution in [3.63, 3.8) is 0 Å². The minimum absolute atomic E-state index is 0.0871. The SMILES string of the molecule is [C-]#[N+]c1cc(-c2nc(CC(=O)c3cnc(N4CCN(CCC(=O)O)CC4)cn3)sc2CN2CCC[C@H]2C(C)C)cc(C(F)(F)F)c1. The lowest BCUT2D eigenvalue weighted by molar-refractivity contribution is -0.138. The molecule has 0 unspecified atom stereocenters. The number of aromatic nitrogens is 3. The van der Waals surface area contributed by atoms with E-state index in [1.165, 1.54) is 23.6 Å². The summed E-state index contributed by atoms with van der Waals surface area (Å²) in [6, 6.07) is 3.62. The van der Waals surface area contributed by atoms with Gasteiger partial charge < -0.3 is 10.0 Å². The number of halogens is 3. The first-order valence-corrected chi connectivity index (χ1v) is 16.1. The molecule has 0 bridgehead atoms. The second-order valence-electron chi connectivity index (χ2n) is 12.0. The molecule has 2 aliphatic heterocycles. The van der Waals surface area contributed by atoms with Crippen molar-refractivity contribution in [1.82, 2.24) is 24.8 Å². The van der Waals surface area contributed by atoms with Crippen LogP contribution in [-0.2, 0) is 23.9 Å². The topological polar surface area (TPSA) is 107 Å². The molecule has 0 radical (unpaired) electrons. The van der Waals surface area contributed by atoms with Gasteiger partial charge in [-0.1, -0.05) is 13.8 Å². The Hall–Kier alpha value is -3.93. The highest BCUT2D eigenvalue weighted by Gasteiger charge is 2.33. The number of anilines is 1. The van der Waals surface area contributed by atoms with E-state index in [1.807, 2.05) is 4.90 Å². The molecule has 2 saturated heterocycles. The number of rotatable bonds is 11. The largest absolute Gasteiger partial charge is 0.481 e. The van der Waals surface area contributed by atoms with Gasteiger partial charge in [0, 0.05) is 55.8 Å². The van der Waals surface area contributed by atoms with Crippen LogP contribution in [0.4, 0.5) is 24.7 Å². The van der Waals surface area contributed by atoms with Gasteiger partial charge in [-0.25, -0.2) is 19.8 Å². The molecule has 0 spiro atoms. The van der Waals surface area contributed by atoms with Gasteiger partial charge in [-0.2, -0.15) is 13.2 Å². The molecule has 1 atom stereocenters. The number of hydrogen-bond acceptors (Lipinski definition) is 9. The summed E-state index contributed by atoms with van der Waals surface area (Å²) in [6.07, 6.45) is 0.429. The van der Waals surface area contributed by atoms with E-state index in [-0.39, 0.29) is 35.6 Å². The Kier molecular flexibility index (Phi) is 10.3. The molecule has 2 aliphatic rings. The van der Waals surface area contributed by atoms with Crippen LogP contribution in [0.5, 0.6) is 0 Å². The second kappa shape index (κ2) is 14.2. The molecule has 14 heteroatoms. The van der Waals surface area contributed by atoms with Crippen LogP contribution in [0, 0.1) is 12.5 Å². The Balaban J connectivity index is 1.35. The number of nitrogens with zero attached hydrogens (tertiary/aromatic N) is 7. The van der Waals surface area contributed by atoms with Crippen LogP contribution in [-0.4, -0.2) is 86.9 Å². The summed E-state index contributed by atoms with van der Waals surface area (Å²) < 4.78 is 41.2. The summed E-state index contributed by atoms with van der Waals surface area (Å²) in [5.74, 6) is -0.102. The summed E-state index contributed by atoms with van der Waals surface area (Å²) in [5, 5.41) is 9.37. The maximum atomic E-state index is 13.7. The maximum absolute atomic E-state index is 13.7. The Morgan fingerprint density at radius 2 is 1.87 bits per heavy atom. The summed E-state index contributed by atoms with van der Waals surface area (Å²) in [7, 11) is 0. The van der Waals surface area contributed by atoms with Gasteiger partial charge in [0.1, 0.15) is 16.5 Å². The molecule has 0 aliphatic carbocycles. The van der Waals surface area contributed by atoms with Gasteiger partial charge in [-0.05, 0) is 49.1 Å². The Morgan fingerprint density at radius 1 is 1.11 bits per heavy atom. The predicted molar refractivity (Wildman–Crippen MR) is 168 cm³/mol. The molecule has 1 N–H and O–H groups in total. The van der Waals surface area contributed by atoms with Crippen molar-refractivity contribution in [3.05, 3.63) is 63.2 Å². The molecule has 3 aromatic rings. The number of alkyl halides is 3. The van der Waals surface area contributed by atoms with Gasteiger partial charge in [0.25, 0.3) is 0 Å². The molecule has 244 valence electrons. The lowest BCUT2D eigenvalue weighted by atomic mass is 10.0. The van der Waals surface area contributed by atoms with E-state index >= 15 is 0 Å². The quantitative estimate of drug-likeness (QED) is 0.202. The number of carbonyl (C=O) groups excluding carboxylic acids is 1. The van der Waals surface area contributed by atoms with E-state index in [0.717, 1.165) is 36.4 Å². The summed E-state index contributed by atoms with van der Waals surface area (Å²) in [6.45, 7) is 16.3. The number of likely N-dealkylation sites (tertiary alicyclic amines) is 1. The van der Waals surface area contributed by atoms with Gasteiger partial charge in [-0.3, -0.25) is 19.4 Å². The highest BCUT2D eigenvalue weighted by atomic mass is 32.1. The number of carbonyl (C=O) groups is 2. The maximum Gasteiger partial charge on any atom is 0.415 e. The average molecular weight is 656 g/mol. The molecule has 4 heterocycles. The summed E-state index contributed by atoms with van der Waals surface area (Å²) >= 11 is 1.31. The fourth-order valence-corrected chi connectivity index (χ4v) is 7.20. The predicted octanol–water partition coefficient (Wildman–Crippen LogP) is 5.81. The van der Waals surface area contributed by atoms with E-state index in [1.54, 1.807) is 6.20 Å². The molecule has 0 amide bonds. The molecule has 10 nitrogen and oxygen atoms in total. The van der Waals surface area contributed by atoms with Crippen LogP contribution in [0.15, 0.2) is 30.6 Å². The van der Waals surface area contributed by atoms with Gasteiger partial charge in [0.05, 0.1) is 37.5 Å². The number of carboxylic acid groups (broad SMARTS) is 1. The highest BCUT2D eigenvalue weighted by Crippen LogP contribution is 2.39. The normalized spacial score (nSPS) is 17.8. The van der Waals surface area contributed by atoms with Crippen molar-refractivity contribution < 1.29 is 27.9 Å². The molecule has 2 aromatic heterocycles. The van der Waals surface area contributed by atoms with E-state index in [4.69, 9.17) is 11.7 Å². The zero-order valence-corrected chi connectivity index (χ0v) is 26.6. The lowest BCUT2D eigenvalue weighted by Gasteiger charge is -2.34. The van der Waals surface area contributed by atoms with E-state index in [9.17, 15) is 22.8 Å². The monoisotopic (exact) mass is 655 g/mol. The molecule has 5 rings (SSSR count).